The van der Waals surface area contributed by atoms with Crippen LogP contribution in [0, 0.1) is 0 Å². The Hall–Kier alpha value is -2.23. The van der Waals surface area contributed by atoms with E-state index in [0.717, 1.165) is 48.9 Å². The fourth-order valence-electron chi connectivity index (χ4n) is 2.47. The van der Waals surface area contributed by atoms with Gasteiger partial charge in [0.25, 0.3) is 0 Å². The topological polar surface area (TPSA) is 37.4 Å². The normalized spacial score (nSPS) is 14.2. The summed E-state index contributed by atoms with van der Waals surface area (Å²) >= 11 is 0. The molecule has 0 saturated heterocycles. The lowest BCUT2D eigenvalue weighted by Gasteiger charge is -2.24. The van der Waals surface area contributed by atoms with E-state index in [1.54, 1.807) is 0 Å². The van der Waals surface area contributed by atoms with Crippen molar-refractivity contribution in [1.29, 1.82) is 0 Å². The Morgan fingerprint density at radius 2 is 2.20 bits per heavy atom. The molecule has 0 bridgehead atoms. The molecule has 4 heteroatoms. The zero-order valence-corrected chi connectivity index (χ0v) is 11.7. The maximum absolute atomic E-state index is 5.80. The van der Waals surface area contributed by atoms with E-state index in [1.165, 1.54) is 0 Å². The lowest BCUT2D eigenvalue weighted by Crippen LogP contribution is -2.18. The van der Waals surface area contributed by atoms with Crippen molar-refractivity contribution in [3.05, 3.63) is 42.7 Å². The summed E-state index contributed by atoms with van der Waals surface area (Å²) < 4.78 is 5.80. The van der Waals surface area contributed by atoms with E-state index in [0.29, 0.717) is 0 Å². The lowest BCUT2D eigenvalue weighted by molar-refractivity contribution is 0.322. The molecule has 1 aliphatic heterocycles. The van der Waals surface area contributed by atoms with Gasteiger partial charge < -0.3 is 15.0 Å². The summed E-state index contributed by atoms with van der Waals surface area (Å²) in [4.78, 5) is 6.61. The van der Waals surface area contributed by atoms with Crippen LogP contribution in [0.25, 0.3) is 0 Å². The van der Waals surface area contributed by atoms with Crippen LogP contribution >= 0.6 is 0 Å². The minimum Gasteiger partial charge on any atom is -0.491 e. The van der Waals surface area contributed by atoms with Gasteiger partial charge in [0, 0.05) is 13.1 Å². The number of para-hydroxylation sites is 2. The van der Waals surface area contributed by atoms with E-state index >= 15 is 0 Å². The van der Waals surface area contributed by atoms with Gasteiger partial charge in [-0.2, -0.15) is 0 Å². The molecular formula is C16H19N3O. The van der Waals surface area contributed by atoms with E-state index in [9.17, 15) is 0 Å². The number of hydrogen-bond donors (Lipinski definition) is 1. The first-order chi connectivity index (χ1) is 9.88. The van der Waals surface area contributed by atoms with Crippen molar-refractivity contribution in [2.75, 3.05) is 29.9 Å². The number of fused-ring (bicyclic) bond motifs is 1. The van der Waals surface area contributed by atoms with Crippen molar-refractivity contribution in [3.8, 4) is 5.75 Å². The smallest absolute Gasteiger partial charge is 0.142 e. The zero-order valence-electron chi connectivity index (χ0n) is 11.7. The molecule has 0 atom stereocenters. The number of rotatable bonds is 3. The molecule has 0 saturated carbocycles. The third-order valence-electron chi connectivity index (χ3n) is 3.36. The van der Waals surface area contributed by atoms with Gasteiger partial charge in [-0.15, -0.1) is 0 Å². The third kappa shape index (κ3) is 2.54. The molecule has 2 heterocycles. The average Bonchev–Trinajstić information content (AvgIpc) is 2.70. The number of ether oxygens (including phenoxy) is 1. The SMILES string of the molecule is CCNc1cncc(N2CCCOc3ccccc32)c1. The van der Waals surface area contributed by atoms with Gasteiger partial charge in [-0.3, -0.25) is 4.98 Å². The van der Waals surface area contributed by atoms with Gasteiger partial charge in [0.2, 0.25) is 0 Å². The Morgan fingerprint density at radius 3 is 3.10 bits per heavy atom. The van der Waals surface area contributed by atoms with E-state index in [4.69, 9.17) is 4.74 Å². The minimum atomic E-state index is 0.758. The monoisotopic (exact) mass is 269 g/mol. The van der Waals surface area contributed by atoms with Crippen LogP contribution in [0.4, 0.5) is 17.1 Å². The van der Waals surface area contributed by atoms with Crippen molar-refractivity contribution < 1.29 is 4.74 Å². The van der Waals surface area contributed by atoms with Crippen molar-refractivity contribution >= 4 is 17.1 Å². The van der Waals surface area contributed by atoms with Gasteiger partial charge in [0.15, 0.2) is 0 Å². The summed E-state index contributed by atoms with van der Waals surface area (Å²) in [6, 6.07) is 10.3. The largest absolute Gasteiger partial charge is 0.491 e. The number of benzene rings is 1. The maximum Gasteiger partial charge on any atom is 0.142 e. The number of aromatic nitrogens is 1. The second-order valence-electron chi connectivity index (χ2n) is 4.78. The molecule has 1 aromatic heterocycles. The molecule has 1 N–H and O–H groups in total. The first-order valence-corrected chi connectivity index (χ1v) is 7.07. The minimum absolute atomic E-state index is 0.758. The van der Waals surface area contributed by atoms with Gasteiger partial charge in [0.05, 0.1) is 36.1 Å². The van der Waals surface area contributed by atoms with Gasteiger partial charge in [-0.05, 0) is 31.5 Å². The van der Waals surface area contributed by atoms with Crippen LogP contribution in [0.5, 0.6) is 5.75 Å². The maximum atomic E-state index is 5.80. The summed E-state index contributed by atoms with van der Waals surface area (Å²) in [5, 5.41) is 3.31. The summed E-state index contributed by atoms with van der Waals surface area (Å²) in [7, 11) is 0. The first kappa shape index (κ1) is 12.8. The van der Waals surface area contributed by atoms with Crippen molar-refractivity contribution in [1.82, 2.24) is 4.98 Å². The molecule has 0 aliphatic carbocycles. The molecule has 0 spiro atoms. The Labute approximate surface area is 119 Å². The van der Waals surface area contributed by atoms with Gasteiger partial charge >= 0.3 is 0 Å². The Morgan fingerprint density at radius 1 is 1.30 bits per heavy atom. The quantitative estimate of drug-likeness (QED) is 0.926. The Balaban J connectivity index is 1.98. The average molecular weight is 269 g/mol. The zero-order chi connectivity index (χ0) is 13.8. The predicted octanol–water partition coefficient (Wildman–Crippen LogP) is 3.43. The number of pyridine rings is 1. The molecular weight excluding hydrogens is 250 g/mol. The van der Waals surface area contributed by atoms with Crippen molar-refractivity contribution in [2.45, 2.75) is 13.3 Å². The summed E-state index contributed by atoms with van der Waals surface area (Å²) in [5.41, 5.74) is 3.26. The molecule has 20 heavy (non-hydrogen) atoms. The lowest BCUT2D eigenvalue weighted by atomic mass is 10.2. The molecule has 0 radical (unpaired) electrons. The summed E-state index contributed by atoms with van der Waals surface area (Å²) in [5.74, 6) is 0.943. The van der Waals surface area contributed by atoms with Crippen LogP contribution in [0.1, 0.15) is 13.3 Å². The third-order valence-corrected chi connectivity index (χ3v) is 3.36. The molecule has 2 aromatic rings. The number of hydrogen-bond acceptors (Lipinski definition) is 4. The highest BCUT2D eigenvalue weighted by atomic mass is 16.5. The second kappa shape index (κ2) is 5.82. The van der Waals surface area contributed by atoms with Crippen molar-refractivity contribution in [3.63, 3.8) is 0 Å². The fourth-order valence-corrected chi connectivity index (χ4v) is 2.47. The van der Waals surface area contributed by atoms with Crippen molar-refractivity contribution in [2.24, 2.45) is 0 Å². The van der Waals surface area contributed by atoms with E-state index < -0.39 is 0 Å². The Kier molecular flexibility index (Phi) is 3.72. The van der Waals surface area contributed by atoms with Crippen LogP contribution in [0.3, 0.4) is 0 Å². The Bertz CT molecular complexity index is 585. The molecule has 0 fully saturated rings. The standard InChI is InChI=1S/C16H19N3O/c1-2-18-13-10-14(12-17-11-13)19-8-5-9-20-16-7-4-3-6-15(16)19/h3-4,6-7,10-12,18H,2,5,8-9H2,1H3. The molecule has 4 nitrogen and oxygen atoms in total. The number of nitrogens with one attached hydrogen (secondary N) is 1. The van der Waals surface area contributed by atoms with Gasteiger partial charge in [-0.1, -0.05) is 12.1 Å². The number of nitrogens with zero attached hydrogens (tertiary/aromatic N) is 2. The van der Waals surface area contributed by atoms with Gasteiger partial charge in [0.1, 0.15) is 5.75 Å². The molecule has 0 unspecified atom stereocenters. The first-order valence-electron chi connectivity index (χ1n) is 7.07. The predicted molar refractivity (Wildman–Crippen MR) is 82.0 cm³/mol. The highest BCUT2D eigenvalue weighted by molar-refractivity contribution is 5.71. The van der Waals surface area contributed by atoms with Crippen LogP contribution in [0.2, 0.25) is 0 Å². The molecule has 0 amide bonds. The summed E-state index contributed by atoms with van der Waals surface area (Å²) in [6.45, 7) is 4.68. The second-order valence-corrected chi connectivity index (χ2v) is 4.78. The molecule has 104 valence electrons. The molecule has 3 rings (SSSR count). The van der Waals surface area contributed by atoms with E-state index in [1.807, 2.05) is 30.6 Å². The highest BCUT2D eigenvalue weighted by Crippen LogP contribution is 2.36. The number of anilines is 3. The van der Waals surface area contributed by atoms with E-state index in [-0.39, 0.29) is 0 Å². The van der Waals surface area contributed by atoms with Crippen LogP contribution in [-0.2, 0) is 0 Å². The van der Waals surface area contributed by atoms with E-state index in [2.05, 4.69) is 34.3 Å². The van der Waals surface area contributed by atoms with Gasteiger partial charge in [-0.25, -0.2) is 0 Å². The van der Waals surface area contributed by atoms with Crippen LogP contribution in [-0.4, -0.2) is 24.7 Å². The highest BCUT2D eigenvalue weighted by Gasteiger charge is 2.17. The molecule has 1 aromatic carbocycles. The molecule has 1 aliphatic rings. The summed E-state index contributed by atoms with van der Waals surface area (Å²) in [6.07, 6.45) is 4.76. The van der Waals surface area contributed by atoms with Crippen LogP contribution in [0.15, 0.2) is 42.7 Å². The fraction of sp³-hybridized carbons (Fsp3) is 0.312. The van der Waals surface area contributed by atoms with Crippen LogP contribution < -0.4 is 15.0 Å².